The number of nitrogens with one attached hydrogen (secondary N) is 2. The second-order valence-corrected chi connectivity index (χ2v) is 10.9. The highest BCUT2D eigenvalue weighted by atomic mass is 35.5. The Hall–Kier alpha value is -4.27. The Balaban J connectivity index is 1.17. The summed E-state index contributed by atoms with van der Waals surface area (Å²) in [5.41, 5.74) is 1.36. The minimum atomic E-state index is -3.90. The van der Waals surface area contributed by atoms with E-state index in [9.17, 15) is 13.2 Å². The van der Waals surface area contributed by atoms with Crippen molar-refractivity contribution in [1.29, 1.82) is 0 Å². The molecule has 0 aliphatic carbocycles. The van der Waals surface area contributed by atoms with Gasteiger partial charge in [0.15, 0.2) is 28.2 Å². The Morgan fingerprint density at radius 3 is 2.23 bits per heavy atom. The summed E-state index contributed by atoms with van der Waals surface area (Å²) in [7, 11) is -3.90. The molecule has 4 aromatic heterocycles. The van der Waals surface area contributed by atoms with E-state index < -0.39 is 10.0 Å². The van der Waals surface area contributed by atoms with Crippen molar-refractivity contribution in [2.75, 3.05) is 15.8 Å². The van der Waals surface area contributed by atoms with Gasteiger partial charge in [0, 0.05) is 17.9 Å². The maximum Gasteiger partial charge on any atom is 0.263 e. The smallest absolute Gasteiger partial charge is 0.263 e. The number of nitrogens with zero attached hydrogens (tertiary/aromatic N) is 5. The van der Waals surface area contributed by atoms with Gasteiger partial charge in [-0.2, -0.15) is 0 Å². The number of hydrogen-bond acceptors (Lipinski definition) is 11. The molecular weight excluding hydrogens is 566 g/mol. The zero-order valence-electron chi connectivity index (χ0n) is 19.8. The van der Waals surface area contributed by atoms with Gasteiger partial charge in [-0.25, -0.2) is 13.4 Å². The quantitative estimate of drug-likeness (QED) is 0.218. The van der Waals surface area contributed by atoms with Gasteiger partial charge in [0.1, 0.15) is 5.69 Å². The number of rotatable bonds is 10. The van der Waals surface area contributed by atoms with Crippen LogP contribution in [0.2, 0.25) is 5.15 Å². The summed E-state index contributed by atoms with van der Waals surface area (Å²) in [6.45, 7) is 0. The summed E-state index contributed by atoms with van der Waals surface area (Å²) >= 11 is 6.93. The van der Waals surface area contributed by atoms with Gasteiger partial charge in [0.25, 0.3) is 10.0 Å². The van der Waals surface area contributed by atoms with Crippen LogP contribution < -0.4 is 10.0 Å². The van der Waals surface area contributed by atoms with Crippen molar-refractivity contribution in [3.63, 3.8) is 0 Å². The van der Waals surface area contributed by atoms with Crippen LogP contribution in [0, 0.1) is 0 Å². The molecule has 39 heavy (non-hydrogen) atoms. The molecule has 4 heterocycles. The number of carbonyl (C=O) groups is 1. The van der Waals surface area contributed by atoms with Gasteiger partial charge >= 0.3 is 0 Å². The highest BCUT2D eigenvalue weighted by molar-refractivity contribution is 7.99. The first kappa shape index (κ1) is 26.3. The number of carbonyl (C=O) groups excluding carboxylic acids is 1. The van der Waals surface area contributed by atoms with E-state index in [-0.39, 0.29) is 28.2 Å². The van der Waals surface area contributed by atoms with Crippen molar-refractivity contribution in [2.24, 2.45) is 0 Å². The standard InChI is InChI=1S/C24H18ClN7O5S2/c25-19-9-10-20(29-28-19)32-39(34,35)16-7-5-15(6-8-16)26-21(33)11-14-38-24-27-22(17-3-1-12-36-17)23(30-31-24)18-4-2-13-37-18/h1-10,12-13H,11,14H2,(H,26,33)(H,29,32). The molecule has 0 spiro atoms. The third-order valence-corrected chi connectivity index (χ3v) is 7.47. The highest BCUT2D eigenvalue weighted by Crippen LogP contribution is 2.30. The van der Waals surface area contributed by atoms with Gasteiger partial charge in [-0.05, 0) is 60.7 Å². The van der Waals surface area contributed by atoms with E-state index in [1.807, 2.05) is 0 Å². The van der Waals surface area contributed by atoms with E-state index in [1.54, 1.807) is 24.3 Å². The van der Waals surface area contributed by atoms with E-state index in [4.69, 9.17) is 20.4 Å². The topological polar surface area (TPSA) is 166 Å². The Morgan fingerprint density at radius 1 is 0.872 bits per heavy atom. The third-order valence-electron chi connectivity index (χ3n) is 5.06. The molecule has 1 amide bonds. The molecule has 198 valence electrons. The van der Waals surface area contributed by atoms with Crippen molar-refractivity contribution >= 4 is 50.8 Å². The van der Waals surface area contributed by atoms with E-state index in [1.165, 1.54) is 60.7 Å². The number of benzene rings is 1. The van der Waals surface area contributed by atoms with Crippen LogP contribution in [0.15, 0.2) is 92.1 Å². The molecule has 2 N–H and O–H groups in total. The van der Waals surface area contributed by atoms with E-state index in [0.717, 1.165) is 0 Å². The number of aromatic nitrogens is 5. The lowest BCUT2D eigenvalue weighted by atomic mass is 10.2. The lowest BCUT2D eigenvalue weighted by Gasteiger charge is -2.09. The lowest BCUT2D eigenvalue weighted by molar-refractivity contribution is -0.115. The van der Waals surface area contributed by atoms with E-state index >= 15 is 0 Å². The molecular formula is C24H18ClN7O5S2. The lowest BCUT2D eigenvalue weighted by Crippen LogP contribution is -2.15. The van der Waals surface area contributed by atoms with Crippen molar-refractivity contribution in [3.05, 3.63) is 78.3 Å². The average Bonchev–Trinajstić information content (AvgIpc) is 3.65. The predicted molar refractivity (Wildman–Crippen MR) is 143 cm³/mol. The fraction of sp³-hybridized carbons (Fsp3) is 0.0833. The minimum absolute atomic E-state index is 0.0113. The number of anilines is 2. The average molecular weight is 584 g/mol. The van der Waals surface area contributed by atoms with Gasteiger partial charge in [-0.15, -0.1) is 20.4 Å². The number of furan rings is 2. The maximum atomic E-state index is 12.6. The molecule has 12 nitrogen and oxygen atoms in total. The predicted octanol–water partition coefficient (Wildman–Crippen LogP) is 4.76. The molecule has 0 atom stereocenters. The Bertz CT molecular complexity index is 1660. The molecule has 15 heteroatoms. The molecule has 0 saturated heterocycles. The molecule has 0 bridgehead atoms. The summed E-state index contributed by atoms with van der Waals surface area (Å²) in [6, 6.07) is 15.5. The zero-order valence-corrected chi connectivity index (χ0v) is 22.2. The molecule has 1 aromatic carbocycles. The second kappa shape index (κ2) is 11.6. The summed E-state index contributed by atoms with van der Waals surface area (Å²) in [5.74, 6) is 1.16. The molecule has 0 saturated carbocycles. The van der Waals surface area contributed by atoms with Crippen LogP contribution in [0.1, 0.15) is 6.42 Å². The molecule has 0 unspecified atom stereocenters. The summed E-state index contributed by atoms with van der Waals surface area (Å²) in [5, 5.41) is 18.9. The van der Waals surface area contributed by atoms with Crippen LogP contribution in [0.4, 0.5) is 11.5 Å². The number of hydrogen-bond donors (Lipinski definition) is 2. The molecule has 0 aliphatic heterocycles. The van der Waals surface area contributed by atoms with Gasteiger partial charge < -0.3 is 14.2 Å². The first-order chi connectivity index (χ1) is 18.9. The fourth-order valence-electron chi connectivity index (χ4n) is 3.28. The Labute approximate surface area is 231 Å². The van der Waals surface area contributed by atoms with E-state index in [2.05, 4.69) is 35.4 Å². The van der Waals surface area contributed by atoms with Gasteiger partial charge in [-0.3, -0.25) is 9.52 Å². The normalized spacial score (nSPS) is 11.3. The molecule has 0 radical (unpaired) electrons. The fourth-order valence-corrected chi connectivity index (χ4v) is 5.10. The van der Waals surface area contributed by atoms with Gasteiger partial charge in [0.2, 0.25) is 11.1 Å². The Kier molecular flexibility index (Phi) is 7.86. The first-order valence-electron chi connectivity index (χ1n) is 11.2. The van der Waals surface area contributed by atoms with Gasteiger partial charge in [0.05, 0.1) is 17.4 Å². The first-order valence-corrected chi connectivity index (χ1v) is 14.1. The third kappa shape index (κ3) is 6.60. The second-order valence-electron chi connectivity index (χ2n) is 7.76. The van der Waals surface area contributed by atoms with Gasteiger partial charge in [-0.1, -0.05) is 23.4 Å². The van der Waals surface area contributed by atoms with Crippen LogP contribution in [-0.4, -0.2) is 45.5 Å². The molecule has 0 fully saturated rings. The number of halogens is 1. The largest absolute Gasteiger partial charge is 0.463 e. The molecule has 0 aliphatic rings. The molecule has 5 aromatic rings. The Morgan fingerprint density at radius 2 is 1.59 bits per heavy atom. The summed E-state index contributed by atoms with van der Waals surface area (Å²) < 4.78 is 38.3. The van der Waals surface area contributed by atoms with Crippen LogP contribution >= 0.6 is 23.4 Å². The van der Waals surface area contributed by atoms with Crippen LogP contribution in [-0.2, 0) is 14.8 Å². The SMILES string of the molecule is O=C(CCSc1nnc(-c2ccco2)c(-c2ccco2)n1)Nc1ccc(S(=O)(=O)Nc2ccc(Cl)nn2)cc1. The van der Waals surface area contributed by atoms with Crippen molar-refractivity contribution in [1.82, 2.24) is 25.4 Å². The number of thioether (sulfide) groups is 1. The molecule has 5 rings (SSSR count). The maximum absolute atomic E-state index is 12.6. The highest BCUT2D eigenvalue weighted by Gasteiger charge is 2.18. The van der Waals surface area contributed by atoms with Crippen molar-refractivity contribution in [2.45, 2.75) is 16.5 Å². The monoisotopic (exact) mass is 583 g/mol. The van der Waals surface area contributed by atoms with Crippen LogP contribution in [0.5, 0.6) is 0 Å². The van der Waals surface area contributed by atoms with Crippen LogP contribution in [0.3, 0.4) is 0 Å². The number of sulfonamides is 1. The van der Waals surface area contributed by atoms with Crippen molar-refractivity contribution < 1.29 is 22.0 Å². The van der Waals surface area contributed by atoms with Crippen molar-refractivity contribution in [3.8, 4) is 22.9 Å². The minimum Gasteiger partial charge on any atom is -0.463 e. The zero-order chi connectivity index (χ0) is 27.2. The summed E-state index contributed by atoms with van der Waals surface area (Å²) in [6.07, 6.45) is 3.22. The van der Waals surface area contributed by atoms with Crippen LogP contribution in [0.25, 0.3) is 22.9 Å². The number of amides is 1. The summed E-state index contributed by atoms with van der Waals surface area (Å²) in [4.78, 5) is 17.0. The van der Waals surface area contributed by atoms with E-state index in [0.29, 0.717) is 39.5 Å².